The van der Waals surface area contributed by atoms with Crippen molar-refractivity contribution in [2.75, 3.05) is 5.32 Å². The van der Waals surface area contributed by atoms with E-state index in [0.29, 0.717) is 12.5 Å². The lowest BCUT2D eigenvalue weighted by molar-refractivity contribution is 0.549. The minimum Gasteiger partial charge on any atom is -0.459 e. The molecule has 0 unspecified atom stereocenters. The predicted octanol–water partition coefficient (Wildman–Crippen LogP) is 4.59. The van der Waals surface area contributed by atoms with Gasteiger partial charge in [-0.15, -0.1) is 24.0 Å². The molecule has 0 bridgehead atoms. The Morgan fingerprint density at radius 3 is 2.48 bits per heavy atom. The number of halogens is 1. The Hall–Kier alpha value is -2.02. The Morgan fingerprint density at radius 1 is 1.09 bits per heavy atom. The van der Waals surface area contributed by atoms with Crippen molar-refractivity contribution in [1.29, 1.82) is 0 Å². The Bertz CT molecular complexity index is 822. The van der Waals surface area contributed by atoms with E-state index in [0.717, 1.165) is 28.0 Å². The fraction of sp³-hybridized carbons (Fsp3) is 0.167. The first kappa shape index (κ1) is 17.3. The van der Waals surface area contributed by atoms with E-state index in [9.17, 15) is 0 Å². The fourth-order valence-corrected chi connectivity index (χ4v) is 2.36. The minimum atomic E-state index is 0. The lowest BCUT2D eigenvalue weighted by Gasteiger charge is -2.05. The molecule has 0 amide bonds. The van der Waals surface area contributed by atoms with Gasteiger partial charge in [-0.25, -0.2) is 4.99 Å². The van der Waals surface area contributed by atoms with Crippen LogP contribution in [0.3, 0.4) is 0 Å². The topological polar surface area (TPSA) is 63.5 Å². The number of nitrogens with zero attached hydrogens (tertiary/aromatic N) is 1. The largest absolute Gasteiger partial charge is 0.459 e. The zero-order chi connectivity index (χ0) is 15.5. The number of hydrogen-bond acceptors (Lipinski definition) is 2. The van der Waals surface area contributed by atoms with Crippen LogP contribution in [0.4, 0.5) is 5.69 Å². The Kier molecular flexibility index (Phi) is 5.65. The smallest absolute Gasteiger partial charge is 0.193 e. The van der Waals surface area contributed by atoms with E-state index in [-0.39, 0.29) is 24.0 Å². The van der Waals surface area contributed by atoms with Crippen LogP contribution in [0.1, 0.15) is 16.9 Å². The van der Waals surface area contributed by atoms with Gasteiger partial charge in [0.25, 0.3) is 0 Å². The number of anilines is 1. The summed E-state index contributed by atoms with van der Waals surface area (Å²) in [4.78, 5) is 4.36. The van der Waals surface area contributed by atoms with Crippen LogP contribution < -0.4 is 11.1 Å². The molecule has 3 rings (SSSR count). The maximum absolute atomic E-state index is 5.93. The lowest BCUT2D eigenvalue weighted by atomic mass is 10.1. The maximum atomic E-state index is 5.93. The number of para-hydroxylation sites is 1. The Morgan fingerprint density at radius 2 is 1.78 bits per heavy atom. The Labute approximate surface area is 152 Å². The van der Waals surface area contributed by atoms with E-state index >= 15 is 0 Å². The maximum Gasteiger partial charge on any atom is 0.193 e. The summed E-state index contributed by atoms with van der Waals surface area (Å²) in [6.45, 7) is 4.51. The van der Waals surface area contributed by atoms with Gasteiger partial charge in [-0.1, -0.05) is 35.9 Å². The summed E-state index contributed by atoms with van der Waals surface area (Å²) in [7, 11) is 0. The molecule has 0 radical (unpaired) electrons. The molecule has 1 aromatic heterocycles. The average molecular weight is 421 g/mol. The number of benzene rings is 2. The number of hydrogen-bond donors (Lipinski definition) is 2. The van der Waals surface area contributed by atoms with Crippen molar-refractivity contribution in [2.24, 2.45) is 10.7 Å². The summed E-state index contributed by atoms with van der Waals surface area (Å²) in [5, 5.41) is 4.20. The zero-order valence-electron chi connectivity index (χ0n) is 13.2. The molecule has 0 fully saturated rings. The second-order valence-electron chi connectivity index (χ2n) is 5.34. The van der Waals surface area contributed by atoms with Crippen LogP contribution in [-0.4, -0.2) is 5.96 Å². The number of rotatable bonds is 3. The number of nitrogens with one attached hydrogen (secondary N) is 1. The zero-order valence-corrected chi connectivity index (χ0v) is 15.5. The number of aliphatic imine (C=N–C) groups is 1. The third-order valence-corrected chi connectivity index (χ3v) is 3.66. The quantitative estimate of drug-likeness (QED) is 0.369. The fourth-order valence-electron chi connectivity index (χ4n) is 2.36. The van der Waals surface area contributed by atoms with E-state index in [1.165, 1.54) is 5.56 Å². The van der Waals surface area contributed by atoms with Crippen LogP contribution in [0.5, 0.6) is 0 Å². The highest BCUT2D eigenvalue weighted by Crippen LogP contribution is 2.25. The molecule has 0 aliphatic rings. The second kappa shape index (κ2) is 7.50. The Balaban J connectivity index is 0.00000192. The first-order valence-electron chi connectivity index (χ1n) is 7.24. The third kappa shape index (κ3) is 4.04. The van der Waals surface area contributed by atoms with Gasteiger partial charge < -0.3 is 15.5 Å². The highest BCUT2D eigenvalue weighted by molar-refractivity contribution is 14.0. The van der Waals surface area contributed by atoms with Gasteiger partial charge in [0.2, 0.25) is 0 Å². The van der Waals surface area contributed by atoms with Crippen molar-refractivity contribution in [3.05, 3.63) is 65.4 Å². The van der Waals surface area contributed by atoms with Gasteiger partial charge in [-0.2, -0.15) is 0 Å². The third-order valence-electron chi connectivity index (χ3n) is 3.66. The van der Waals surface area contributed by atoms with Gasteiger partial charge in [0, 0.05) is 16.6 Å². The molecule has 1 heterocycles. The molecular formula is C18H20IN3O. The molecule has 0 atom stereocenters. The highest BCUT2D eigenvalue weighted by Gasteiger charge is 2.09. The predicted molar refractivity (Wildman–Crippen MR) is 106 cm³/mol. The minimum absolute atomic E-state index is 0. The molecular weight excluding hydrogens is 401 g/mol. The van der Waals surface area contributed by atoms with Crippen LogP contribution in [0.2, 0.25) is 0 Å². The van der Waals surface area contributed by atoms with Gasteiger partial charge in [-0.3, -0.25) is 0 Å². The van der Waals surface area contributed by atoms with Crippen molar-refractivity contribution >= 4 is 46.6 Å². The van der Waals surface area contributed by atoms with Gasteiger partial charge in [0.15, 0.2) is 5.96 Å². The summed E-state index contributed by atoms with van der Waals surface area (Å²) < 4.78 is 5.82. The molecule has 3 aromatic rings. The van der Waals surface area contributed by atoms with E-state index in [4.69, 9.17) is 10.2 Å². The van der Waals surface area contributed by atoms with Crippen LogP contribution in [0, 0.1) is 13.8 Å². The first-order valence-corrected chi connectivity index (χ1v) is 7.24. The molecule has 4 nitrogen and oxygen atoms in total. The average Bonchev–Trinajstić information content (AvgIpc) is 2.84. The molecule has 0 spiro atoms. The van der Waals surface area contributed by atoms with Crippen LogP contribution in [0.15, 0.2) is 57.9 Å². The van der Waals surface area contributed by atoms with Crippen LogP contribution in [-0.2, 0) is 6.54 Å². The van der Waals surface area contributed by atoms with Gasteiger partial charge in [0.1, 0.15) is 17.9 Å². The molecule has 3 N–H and O–H groups in total. The van der Waals surface area contributed by atoms with E-state index in [1.54, 1.807) is 0 Å². The van der Waals surface area contributed by atoms with Gasteiger partial charge >= 0.3 is 0 Å². The SMILES string of the molecule is Cc1ccc(NC(N)=NCc2oc3ccccc3c2C)cc1.I. The first-order chi connectivity index (χ1) is 10.6. The van der Waals surface area contributed by atoms with E-state index in [2.05, 4.69) is 16.4 Å². The molecule has 0 aliphatic carbocycles. The summed E-state index contributed by atoms with van der Waals surface area (Å²) in [5.74, 6) is 1.22. The molecule has 0 saturated heterocycles. The molecule has 0 aliphatic heterocycles. The van der Waals surface area contributed by atoms with Crippen molar-refractivity contribution in [2.45, 2.75) is 20.4 Å². The summed E-state index contributed by atoms with van der Waals surface area (Å²) in [5.41, 5.74) is 10.1. The normalized spacial score (nSPS) is 11.3. The summed E-state index contributed by atoms with van der Waals surface area (Å²) >= 11 is 0. The number of aryl methyl sites for hydroxylation is 2. The van der Waals surface area contributed by atoms with Crippen molar-refractivity contribution in [3.8, 4) is 0 Å². The van der Waals surface area contributed by atoms with Crippen LogP contribution in [0.25, 0.3) is 11.0 Å². The molecule has 2 aromatic carbocycles. The van der Waals surface area contributed by atoms with Crippen molar-refractivity contribution in [1.82, 2.24) is 0 Å². The molecule has 0 saturated carbocycles. The number of furan rings is 1. The number of fused-ring (bicyclic) bond motifs is 1. The standard InChI is InChI=1S/C18H19N3O.HI/c1-12-7-9-14(10-8-12)21-18(19)20-11-17-13(2)15-5-3-4-6-16(15)22-17;/h3-10H,11H2,1-2H3,(H3,19,20,21);1H. The van der Waals surface area contributed by atoms with E-state index < -0.39 is 0 Å². The second-order valence-corrected chi connectivity index (χ2v) is 5.34. The van der Waals surface area contributed by atoms with Gasteiger partial charge in [-0.05, 0) is 32.0 Å². The molecule has 5 heteroatoms. The molecule has 23 heavy (non-hydrogen) atoms. The molecule has 120 valence electrons. The van der Waals surface area contributed by atoms with Gasteiger partial charge in [0.05, 0.1) is 0 Å². The number of guanidine groups is 1. The van der Waals surface area contributed by atoms with E-state index in [1.807, 2.05) is 56.3 Å². The van der Waals surface area contributed by atoms with Crippen molar-refractivity contribution in [3.63, 3.8) is 0 Å². The summed E-state index contributed by atoms with van der Waals surface area (Å²) in [6, 6.07) is 16.0. The highest BCUT2D eigenvalue weighted by atomic mass is 127. The summed E-state index contributed by atoms with van der Waals surface area (Å²) in [6.07, 6.45) is 0. The number of nitrogens with two attached hydrogens (primary N) is 1. The van der Waals surface area contributed by atoms with Crippen molar-refractivity contribution < 1.29 is 4.42 Å². The van der Waals surface area contributed by atoms with Crippen LogP contribution >= 0.6 is 24.0 Å². The monoisotopic (exact) mass is 421 g/mol. The lowest BCUT2D eigenvalue weighted by Crippen LogP contribution is -2.22.